The second kappa shape index (κ2) is 11.0. The van der Waals surface area contributed by atoms with Crippen LogP contribution in [0, 0.1) is 11.7 Å². The number of nitrogens with one attached hydrogen (secondary N) is 1. The molecule has 11 nitrogen and oxygen atoms in total. The number of nitrogens with two attached hydrogens (primary N) is 1. The van der Waals surface area contributed by atoms with Gasteiger partial charge in [0.1, 0.15) is 23.5 Å². The van der Waals surface area contributed by atoms with Crippen LogP contribution < -0.4 is 20.7 Å². The molecule has 0 aliphatic carbocycles. The van der Waals surface area contributed by atoms with E-state index in [4.69, 9.17) is 25.2 Å². The molecule has 3 N–H and O–H groups in total. The Bertz CT molecular complexity index is 1760. The minimum Gasteiger partial charge on any atom is -0.461 e. The molecule has 1 aromatic carbocycles. The molecule has 15 heteroatoms. The highest BCUT2D eigenvalue weighted by molar-refractivity contribution is 7.83. The lowest BCUT2D eigenvalue weighted by Crippen LogP contribution is -2.52. The summed E-state index contributed by atoms with van der Waals surface area (Å²) in [6.45, 7) is 4.70. The molecule has 0 spiro atoms. The quantitative estimate of drug-likeness (QED) is 0.388. The molecule has 46 heavy (non-hydrogen) atoms. The van der Waals surface area contributed by atoms with E-state index < -0.39 is 23.0 Å². The van der Waals surface area contributed by atoms with Crippen molar-refractivity contribution in [3.8, 4) is 6.01 Å². The molecule has 8 heterocycles. The first-order valence-corrected chi connectivity index (χ1v) is 18.0. The molecule has 5 saturated heterocycles. The van der Waals surface area contributed by atoms with Crippen molar-refractivity contribution in [2.45, 2.75) is 60.8 Å². The normalized spacial score (nSPS) is 30.9. The van der Waals surface area contributed by atoms with Crippen molar-refractivity contribution in [1.82, 2.24) is 29.5 Å². The number of hydrogen-bond acceptors (Lipinski definition) is 11. The lowest BCUT2D eigenvalue weighted by Gasteiger charge is -2.39. The molecule has 5 fully saturated rings. The van der Waals surface area contributed by atoms with Gasteiger partial charge in [0, 0.05) is 56.2 Å². The van der Waals surface area contributed by atoms with Gasteiger partial charge in [-0.15, -0.1) is 0 Å². The van der Waals surface area contributed by atoms with Gasteiger partial charge in [-0.1, -0.05) is 11.3 Å². The summed E-state index contributed by atoms with van der Waals surface area (Å²) in [4.78, 5) is 19.3. The second-order valence-corrected chi connectivity index (χ2v) is 15.9. The number of thiazole rings is 1. The van der Waals surface area contributed by atoms with Gasteiger partial charge in [-0.25, -0.2) is 18.0 Å². The highest BCUT2D eigenvalue weighted by Gasteiger charge is 2.49. The van der Waals surface area contributed by atoms with Crippen molar-refractivity contribution in [1.29, 1.82) is 0 Å². The summed E-state index contributed by atoms with van der Waals surface area (Å²) in [5.74, 6) is 0.396. The monoisotopic (exact) mass is 670 g/mol. The van der Waals surface area contributed by atoms with E-state index in [1.165, 1.54) is 6.07 Å². The zero-order valence-electron chi connectivity index (χ0n) is 25.3. The summed E-state index contributed by atoms with van der Waals surface area (Å²) in [6, 6.07) is 3.92. The van der Waals surface area contributed by atoms with Crippen LogP contribution in [-0.4, -0.2) is 105 Å². The number of nitrogen functional groups attached to an aromatic ring is 1. The molecule has 9 rings (SSSR count). The topological polar surface area (TPSA) is 122 Å². The Morgan fingerprint density at radius 1 is 1.17 bits per heavy atom. The summed E-state index contributed by atoms with van der Waals surface area (Å²) >= 11 is 1.09. The van der Waals surface area contributed by atoms with Gasteiger partial charge in [0.15, 0.2) is 21.9 Å². The van der Waals surface area contributed by atoms with Crippen molar-refractivity contribution in [3.63, 3.8) is 0 Å². The minimum absolute atomic E-state index is 0.187. The van der Waals surface area contributed by atoms with Crippen molar-refractivity contribution in [2.24, 2.45) is 5.92 Å². The largest absolute Gasteiger partial charge is 0.461 e. The average molecular weight is 671 g/mol. The molecule has 6 aliphatic rings. The van der Waals surface area contributed by atoms with Crippen LogP contribution in [0.15, 0.2) is 17.0 Å². The SMILES string of the molecule is Nc1nc2c(C3=Cc4nc(OC[C@@]56CCCN5C[C@H](F)C6)nc(N5CC6CCC(C5)N6)c4S(=O)N3CC3COC3)ccc(F)c2s1. The van der Waals surface area contributed by atoms with Gasteiger partial charge in [0.25, 0.3) is 0 Å². The van der Waals surface area contributed by atoms with Gasteiger partial charge < -0.3 is 25.4 Å². The lowest BCUT2D eigenvalue weighted by atomic mass is 9.95. The number of piperazine rings is 1. The summed E-state index contributed by atoms with van der Waals surface area (Å²) in [5, 5.41) is 3.93. The lowest BCUT2D eigenvalue weighted by molar-refractivity contribution is -0.0345. The van der Waals surface area contributed by atoms with Gasteiger partial charge in [-0.05, 0) is 50.4 Å². The van der Waals surface area contributed by atoms with Crippen LogP contribution >= 0.6 is 11.3 Å². The predicted molar refractivity (Wildman–Crippen MR) is 172 cm³/mol. The third-order valence-electron chi connectivity index (χ3n) is 10.4. The van der Waals surface area contributed by atoms with E-state index in [2.05, 4.69) is 20.1 Å². The number of nitrogens with zero attached hydrogens (tertiary/aromatic N) is 6. The number of fused-ring (bicyclic) bond motifs is 5. The van der Waals surface area contributed by atoms with E-state index in [9.17, 15) is 13.0 Å². The Morgan fingerprint density at radius 2 is 2.00 bits per heavy atom. The minimum atomic E-state index is -1.69. The van der Waals surface area contributed by atoms with Crippen molar-refractivity contribution < 1.29 is 22.5 Å². The van der Waals surface area contributed by atoms with Gasteiger partial charge in [0.2, 0.25) is 0 Å². The van der Waals surface area contributed by atoms with E-state index in [0.717, 1.165) is 56.7 Å². The Labute approximate surface area is 271 Å². The van der Waals surface area contributed by atoms with Crippen molar-refractivity contribution in [2.75, 3.05) is 63.2 Å². The summed E-state index contributed by atoms with van der Waals surface area (Å²) < 4.78 is 58.3. The van der Waals surface area contributed by atoms with Crippen molar-refractivity contribution >= 4 is 55.3 Å². The highest BCUT2D eigenvalue weighted by Crippen LogP contribution is 2.44. The molecule has 0 saturated carbocycles. The Kier molecular flexibility index (Phi) is 7.00. The van der Waals surface area contributed by atoms with Gasteiger partial charge in [-0.3, -0.25) is 9.21 Å². The summed E-state index contributed by atoms with van der Waals surface area (Å²) in [5.41, 5.74) is 7.87. The van der Waals surface area contributed by atoms with E-state index >= 15 is 0 Å². The molecule has 5 atom stereocenters. The Morgan fingerprint density at radius 3 is 2.78 bits per heavy atom. The number of benzene rings is 1. The zero-order chi connectivity index (χ0) is 31.2. The van der Waals surface area contributed by atoms with Gasteiger partial charge in [-0.2, -0.15) is 9.97 Å². The van der Waals surface area contributed by atoms with Gasteiger partial charge >= 0.3 is 6.01 Å². The number of aromatic nitrogens is 3. The van der Waals surface area contributed by atoms with Crippen LogP contribution in [0.4, 0.5) is 19.7 Å². The fourth-order valence-corrected chi connectivity index (χ4v) is 10.5. The maximum Gasteiger partial charge on any atom is 0.319 e. The van der Waals surface area contributed by atoms with Crippen LogP contribution in [0.1, 0.15) is 43.4 Å². The van der Waals surface area contributed by atoms with Crippen LogP contribution in [0.5, 0.6) is 6.01 Å². The van der Waals surface area contributed by atoms with Gasteiger partial charge in [0.05, 0.1) is 40.4 Å². The molecule has 3 aromatic rings. The van der Waals surface area contributed by atoms with Crippen LogP contribution in [0.25, 0.3) is 22.0 Å². The van der Waals surface area contributed by atoms with E-state index in [1.54, 1.807) is 6.07 Å². The third-order valence-corrected chi connectivity index (χ3v) is 12.8. The number of halogens is 2. The smallest absolute Gasteiger partial charge is 0.319 e. The molecular weight excluding hydrogens is 635 g/mol. The molecule has 0 amide bonds. The molecule has 6 aliphatic heterocycles. The maximum atomic E-state index is 14.9. The number of anilines is 2. The van der Waals surface area contributed by atoms with Crippen molar-refractivity contribution in [3.05, 3.63) is 29.2 Å². The molecule has 244 valence electrons. The Hall–Kier alpha value is -2.98. The molecule has 3 unspecified atom stereocenters. The number of hydrogen-bond donors (Lipinski definition) is 2. The fourth-order valence-electron chi connectivity index (χ4n) is 8.20. The van der Waals surface area contributed by atoms with E-state index in [0.29, 0.717) is 89.3 Å². The summed E-state index contributed by atoms with van der Waals surface area (Å²) in [6.07, 6.45) is 5.52. The standard InChI is InChI=1S/C31H36F2N8O3S2/c32-18-9-31(6-1-7-40(31)11-18)16-44-30-36-23-8-24(21-4-5-22(33)26-25(21)37-29(34)45-26)41(10-17-14-43-15-17)46(42)27(23)28(38-30)39-12-19-2-3-20(13-39)35-19/h4-5,8,17-20,35H,1-3,6-7,9-16H2,(H2,34,37)/t18-,19?,20?,31+,46?/m1/s1. The first-order valence-electron chi connectivity index (χ1n) is 16.1. The van der Waals surface area contributed by atoms with Crippen LogP contribution in [0.3, 0.4) is 0 Å². The van der Waals surface area contributed by atoms with Crippen LogP contribution in [0.2, 0.25) is 0 Å². The Balaban J connectivity index is 1.17. The average Bonchev–Trinajstić information content (AvgIpc) is 3.76. The first-order chi connectivity index (χ1) is 22.3. The number of alkyl halides is 1. The highest BCUT2D eigenvalue weighted by atomic mass is 32.2. The maximum absolute atomic E-state index is 14.9. The number of rotatable bonds is 7. The zero-order valence-corrected chi connectivity index (χ0v) is 26.9. The van der Waals surface area contributed by atoms with Crippen LogP contribution in [-0.2, 0) is 15.7 Å². The van der Waals surface area contributed by atoms with E-state index in [1.807, 2.05) is 10.4 Å². The molecule has 2 bridgehead atoms. The second-order valence-electron chi connectivity index (χ2n) is 13.5. The first kappa shape index (κ1) is 29.2. The molecule has 0 radical (unpaired) electrons. The fraction of sp³-hybridized carbons (Fsp3) is 0.581. The number of ether oxygens (including phenoxy) is 2. The molecule has 2 aromatic heterocycles. The third kappa shape index (κ3) is 4.80. The predicted octanol–water partition coefficient (Wildman–Crippen LogP) is 3.19. The molecular formula is C31H36F2N8O3S2. The summed E-state index contributed by atoms with van der Waals surface area (Å²) in [7, 11) is -1.69. The van der Waals surface area contributed by atoms with E-state index in [-0.39, 0.29) is 22.6 Å².